The van der Waals surface area contributed by atoms with Crippen LogP contribution in [-0.4, -0.2) is 79.9 Å². The average molecular weight is 919 g/mol. The van der Waals surface area contributed by atoms with E-state index in [1.807, 2.05) is 24.3 Å². The van der Waals surface area contributed by atoms with E-state index in [-0.39, 0.29) is 53.3 Å². The number of halogens is 8. The molecule has 0 radical (unpaired) electrons. The number of nitrogens with one attached hydrogen (secondary N) is 1. The quantitative estimate of drug-likeness (QED) is 0.109. The summed E-state index contributed by atoms with van der Waals surface area (Å²) in [5.41, 5.74) is 1.18. The minimum Gasteiger partial charge on any atom is -0.324 e. The summed E-state index contributed by atoms with van der Waals surface area (Å²) >= 11 is 0. The highest BCUT2D eigenvalue weighted by molar-refractivity contribution is 8.60. The first kappa shape index (κ1) is 44.2. The van der Waals surface area contributed by atoms with Gasteiger partial charge in [-0.2, -0.15) is 30.2 Å². The van der Waals surface area contributed by atoms with Gasteiger partial charge >= 0.3 is 17.1 Å². The van der Waals surface area contributed by atoms with Crippen molar-refractivity contribution in [2.75, 3.05) is 23.9 Å². The van der Waals surface area contributed by atoms with E-state index >= 15 is 30.2 Å². The zero-order chi connectivity index (χ0) is 46.1. The van der Waals surface area contributed by atoms with Crippen molar-refractivity contribution in [1.82, 2.24) is 38.9 Å². The molecule has 7 aromatic rings. The monoisotopic (exact) mass is 918 g/mol. The topological polar surface area (TPSA) is 98.1 Å². The van der Waals surface area contributed by atoms with E-state index in [2.05, 4.69) is 4.98 Å². The maximum Gasteiger partial charge on any atom is 0.385 e. The highest BCUT2D eigenvalue weighted by Crippen LogP contribution is 3.01. The van der Waals surface area contributed by atoms with E-state index in [1.54, 1.807) is 81.4 Å². The number of benzene rings is 4. The van der Waals surface area contributed by atoms with Gasteiger partial charge in [-0.1, -0.05) is 137 Å². The van der Waals surface area contributed by atoms with E-state index in [4.69, 9.17) is 29.9 Å². The second kappa shape index (κ2) is 15.3. The van der Waals surface area contributed by atoms with Crippen LogP contribution in [0.3, 0.4) is 0 Å². The molecular weight excluding hydrogens is 873 g/mol. The normalized spacial score (nSPS) is 14.3. The van der Waals surface area contributed by atoms with Gasteiger partial charge in [0.1, 0.15) is 11.3 Å². The van der Waals surface area contributed by atoms with Crippen LogP contribution in [0.5, 0.6) is 0 Å². The standard InChI is InChI=1S/C48H46F8N8S/c1-4-7-26-65(56,27-8-5-2,28-9-6-3,48(54,55)47(52,53)46(50,51)29-49)64-44-36-24-16-17-25-37(36)45(64)63-43-35-23-15-13-21-33(35)41(61-43)59-39-31-19-11-10-18-30(31)38(57-39)58-40-32-20-12-14-22-34(32)42(60-40)62-44/h10-25H,4-9,26-29H2,1-3H3,(H,57,58,59,60,61,62,63). The summed E-state index contributed by atoms with van der Waals surface area (Å²) in [6.07, 6.45) is -1.27. The van der Waals surface area contributed by atoms with Crippen molar-refractivity contribution >= 4 is 53.0 Å². The van der Waals surface area contributed by atoms with Crippen molar-refractivity contribution in [3.8, 4) is 45.6 Å². The Kier molecular flexibility index (Phi) is 10.4. The fourth-order valence-corrected chi connectivity index (χ4v) is 17.2. The molecule has 0 fully saturated rings. The second-order valence-corrected chi connectivity index (χ2v) is 23.1. The van der Waals surface area contributed by atoms with Crippen molar-refractivity contribution in [3.05, 3.63) is 97.1 Å². The van der Waals surface area contributed by atoms with Gasteiger partial charge in [0.2, 0.25) is 0 Å². The molecule has 4 aromatic carbocycles. The van der Waals surface area contributed by atoms with Gasteiger partial charge in [-0.15, -0.1) is 0 Å². The Balaban J connectivity index is 1.63. The first-order valence-electron chi connectivity index (χ1n) is 21.7. The molecule has 1 N–H and O–H groups in total. The van der Waals surface area contributed by atoms with Gasteiger partial charge in [0.25, 0.3) is 0 Å². The summed E-state index contributed by atoms with van der Waals surface area (Å²) in [7, 11) is -8.12. The first-order chi connectivity index (χ1) is 31.0. The highest BCUT2D eigenvalue weighted by atomic mass is 32.4. The SMILES string of the molecule is CCCCS(F)(CCCC)(CCCC)(n1c2nc3nc(nc4[nH]c(nc5nc(nc1c1ccccc12)-c1ccccc1-5)c1ccccc41)-c1ccccc1-3)C(F)(F)C(F)(F)C(F)(F)CF. The largest absolute Gasteiger partial charge is 0.385 e. The molecule has 0 amide bonds. The van der Waals surface area contributed by atoms with Crippen LogP contribution >= 0.6 is 8.87 Å². The van der Waals surface area contributed by atoms with Crippen LogP contribution in [0.1, 0.15) is 59.3 Å². The maximum absolute atomic E-state index is 21.4. The molecule has 3 aromatic heterocycles. The molecule has 0 aliphatic carbocycles. The third kappa shape index (κ3) is 6.08. The fourth-order valence-electron chi connectivity index (χ4n) is 9.56. The molecule has 0 saturated heterocycles. The molecule has 17 heteroatoms. The Morgan fingerprint density at radius 2 is 0.831 bits per heavy atom. The van der Waals surface area contributed by atoms with Crippen LogP contribution in [0, 0.1) is 0 Å². The molecule has 2 aliphatic rings. The van der Waals surface area contributed by atoms with E-state index in [0.717, 1.165) is 0 Å². The van der Waals surface area contributed by atoms with Crippen LogP contribution < -0.4 is 0 Å². The molecular formula is C48H46F8N8S. The van der Waals surface area contributed by atoms with Crippen LogP contribution in [0.2, 0.25) is 0 Å². The molecule has 8 bridgehead atoms. The van der Waals surface area contributed by atoms with Crippen molar-refractivity contribution < 1.29 is 34.6 Å². The van der Waals surface area contributed by atoms with E-state index < -0.39 is 80.5 Å². The maximum atomic E-state index is 21.4. The Bertz CT molecular complexity index is 3010. The predicted molar refractivity (Wildman–Crippen MR) is 244 cm³/mol. The lowest BCUT2D eigenvalue weighted by Gasteiger charge is -2.77. The van der Waals surface area contributed by atoms with E-state index in [9.17, 15) is 4.39 Å². The zero-order valence-electron chi connectivity index (χ0n) is 35.9. The first-order valence-corrected chi connectivity index (χ1v) is 24.5. The highest BCUT2D eigenvalue weighted by Gasteiger charge is 2.90. The summed E-state index contributed by atoms with van der Waals surface area (Å²) in [6, 6.07) is 27.0. The number of unbranched alkanes of at least 4 members (excludes halogenated alkanes) is 3. The number of hydrogen-bond acceptors (Lipinski definition) is 6. The smallest absolute Gasteiger partial charge is 0.324 e. The lowest BCUT2D eigenvalue weighted by molar-refractivity contribution is -0.285. The summed E-state index contributed by atoms with van der Waals surface area (Å²) in [5.74, 6) is -16.4. The van der Waals surface area contributed by atoms with E-state index in [1.165, 1.54) is 12.1 Å². The van der Waals surface area contributed by atoms with Gasteiger partial charge in [0.05, 0.1) is 0 Å². The minimum atomic E-state index is -8.12. The van der Waals surface area contributed by atoms with Gasteiger partial charge in [0, 0.05) is 61.1 Å². The van der Waals surface area contributed by atoms with Crippen LogP contribution in [0.25, 0.3) is 89.7 Å². The van der Waals surface area contributed by atoms with Crippen molar-refractivity contribution in [3.63, 3.8) is 0 Å². The van der Waals surface area contributed by atoms with Gasteiger partial charge < -0.3 is 4.98 Å². The number of nitrogens with zero attached hydrogens (tertiary/aromatic N) is 7. The van der Waals surface area contributed by atoms with Gasteiger partial charge in [-0.05, 0) is 28.1 Å². The van der Waals surface area contributed by atoms with Gasteiger partial charge in [-0.25, -0.2) is 34.3 Å². The number of aromatic amines is 1. The number of alkyl halides is 7. The predicted octanol–water partition coefficient (Wildman–Crippen LogP) is 14.1. The van der Waals surface area contributed by atoms with Gasteiger partial charge in [-0.3, -0.25) is 3.97 Å². The molecule has 2 aliphatic heterocycles. The lowest BCUT2D eigenvalue weighted by atomic mass is 10.1. The van der Waals surface area contributed by atoms with E-state index in [0.29, 0.717) is 48.3 Å². The number of fused-ring (bicyclic) bond motifs is 20. The van der Waals surface area contributed by atoms with Crippen LogP contribution in [-0.2, 0) is 0 Å². The summed E-state index contributed by atoms with van der Waals surface area (Å²) in [4.78, 5) is 32.7. The molecule has 0 unspecified atom stereocenters. The lowest BCUT2D eigenvalue weighted by Crippen LogP contribution is -2.69. The number of rotatable bonds is 14. The molecule has 340 valence electrons. The molecule has 65 heavy (non-hydrogen) atoms. The molecule has 0 atom stereocenters. The molecule has 8 nitrogen and oxygen atoms in total. The molecule has 0 saturated carbocycles. The number of aromatic nitrogens is 8. The molecule has 0 spiro atoms. The van der Waals surface area contributed by atoms with Crippen LogP contribution in [0.15, 0.2) is 97.1 Å². The Morgan fingerprint density at radius 1 is 0.492 bits per heavy atom. The molecule has 9 rings (SSSR count). The van der Waals surface area contributed by atoms with Crippen LogP contribution in [0.4, 0.5) is 34.6 Å². The third-order valence-corrected chi connectivity index (χ3v) is 20.5. The Morgan fingerprint density at radius 3 is 1.18 bits per heavy atom. The molecule has 5 heterocycles. The Labute approximate surface area is 368 Å². The summed E-state index contributed by atoms with van der Waals surface area (Å²) in [6.45, 7) is 1.54. The minimum absolute atomic E-state index is 0.00463. The average Bonchev–Trinajstić information content (AvgIpc) is 4.05. The van der Waals surface area contributed by atoms with Gasteiger partial charge in [0.15, 0.2) is 41.3 Å². The number of hydrogen-bond donors (Lipinski definition) is 1. The number of H-pyrrole nitrogens is 1. The Hall–Kier alpha value is -5.97. The second-order valence-electron chi connectivity index (χ2n) is 17.0. The van der Waals surface area contributed by atoms with Crippen molar-refractivity contribution in [1.29, 1.82) is 0 Å². The fraction of sp³-hybridized carbons (Fsp3) is 0.333. The summed E-state index contributed by atoms with van der Waals surface area (Å²) < 4.78 is 139. The third-order valence-electron chi connectivity index (χ3n) is 13.0. The summed E-state index contributed by atoms with van der Waals surface area (Å²) in [5, 5.41) is -4.88. The van der Waals surface area contributed by atoms with Crippen molar-refractivity contribution in [2.24, 2.45) is 0 Å². The zero-order valence-corrected chi connectivity index (χ0v) is 36.7. The van der Waals surface area contributed by atoms with Crippen molar-refractivity contribution in [2.45, 2.75) is 76.4 Å².